The molecule has 0 amide bonds. The van der Waals surface area contributed by atoms with Crippen molar-refractivity contribution in [2.24, 2.45) is 0 Å². The first-order chi connectivity index (χ1) is 9.08. The lowest BCUT2D eigenvalue weighted by molar-refractivity contribution is -0.139. The Kier molecular flexibility index (Phi) is 3.97. The van der Waals surface area contributed by atoms with E-state index in [1.54, 1.807) is 37.3 Å². The molecule has 0 aliphatic rings. The van der Waals surface area contributed by atoms with Gasteiger partial charge >= 0.3 is 5.97 Å². The van der Waals surface area contributed by atoms with E-state index in [0.29, 0.717) is 17.1 Å². The van der Waals surface area contributed by atoms with E-state index in [-0.39, 0.29) is 12.4 Å². The van der Waals surface area contributed by atoms with Crippen LogP contribution in [-0.4, -0.2) is 17.1 Å². The molecule has 1 aromatic heterocycles. The Hall–Kier alpha value is -2.14. The summed E-state index contributed by atoms with van der Waals surface area (Å²) in [5, 5.41) is 11.5. The summed E-state index contributed by atoms with van der Waals surface area (Å²) in [5.41, 5.74) is 0.389. The molecule has 1 unspecified atom stereocenters. The van der Waals surface area contributed by atoms with Gasteiger partial charge in [-0.1, -0.05) is 12.1 Å². The van der Waals surface area contributed by atoms with Gasteiger partial charge in [-0.2, -0.15) is 0 Å². The van der Waals surface area contributed by atoms with Gasteiger partial charge in [0.25, 0.3) is 0 Å². The van der Waals surface area contributed by atoms with E-state index in [1.807, 2.05) is 0 Å². The summed E-state index contributed by atoms with van der Waals surface area (Å²) in [6.45, 7) is 1.82. The van der Waals surface area contributed by atoms with Gasteiger partial charge < -0.3 is 9.52 Å². The minimum atomic E-state index is -0.930. The summed E-state index contributed by atoms with van der Waals surface area (Å²) in [5.74, 6) is -0.291. The van der Waals surface area contributed by atoms with Gasteiger partial charge in [-0.15, -0.1) is 0 Å². The minimum absolute atomic E-state index is 0.280. The Morgan fingerprint density at radius 3 is 2.79 bits per heavy atom. The molecule has 0 aliphatic heterocycles. The van der Waals surface area contributed by atoms with Crippen molar-refractivity contribution >= 4 is 5.97 Å². The standard InChI is InChI=1S/C14H14FNO3/c1-9(14(17)18)16-8-10-6-7-13(19-10)11-4-2-3-5-12(11)15/h2-7,9,16H,8H2,1H3,(H,17,18). The molecule has 100 valence electrons. The predicted molar refractivity (Wildman–Crippen MR) is 68.0 cm³/mol. The molecular formula is C14H14FNO3. The highest BCUT2D eigenvalue weighted by Gasteiger charge is 2.12. The van der Waals surface area contributed by atoms with Gasteiger partial charge in [0.15, 0.2) is 0 Å². The summed E-state index contributed by atoms with van der Waals surface area (Å²) in [7, 11) is 0. The highest BCUT2D eigenvalue weighted by atomic mass is 19.1. The third-order valence-electron chi connectivity index (χ3n) is 2.75. The van der Waals surface area contributed by atoms with Crippen LogP contribution in [0, 0.1) is 5.82 Å². The zero-order valence-corrected chi connectivity index (χ0v) is 10.4. The quantitative estimate of drug-likeness (QED) is 0.870. The number of furan rings is 1. The second kappa shape index (κ2) is 5.67. The molecule has 0 saturated carbocycles. The summed E-state index contributed by atoms with van der Waals surface area (Å²) < 4.78 is 19.0. The van der Waals surface area contributed by atoms with Crippen LogP contribution in [-0.2, 0) is 11.3 Å². The van der Waals surface area contributed by atoms with Crippen molar-refractivity contribution in [3.63, 3.8) is 0 Å². The molecule has 0 bridgehead atoms. The number of rotatable bonds is 5. The molecule has 1 heterocycles. The van der Waals surface area contributed by atoms with Gasteiger partial charge in [0.05, 0.1) is 12.1 Å². The van der Waals surface area contributed by atoms with Gasteiger partial charge in [0.1, 0.15) is 23.4 Å². The molecule has 2 aromatic rings. The van der Waals surface area contributed by atoms with Crippen molar-refractivity contribution in [2.45, 2.75) is 19.5 Å². The first-order valence-electron chi connectivity index (χ1n) is 5.87. The van der Waals surface area contributed by atoms with Crippen molar-refractivity contribution < 1.29 is 18.7 Å². The van der Waals surface area contributed by atoms with Gasteiger partial charge in [-0.3, -0.25) is 10.1 Å². The van der Waals surface area contributed by atoms with Gasteiger partial charge in [-0.05, 0) is 31.2 Å². The highest BCUT2D eigenvalue weighted by molar-refractivity contribution is 5.72. The number of carbonyl (C=O) groups is 1. The maximum absolute atomic E-state index is 13.6. The van der Waals surface area contributed by atoms with Gasteiger partial charge in [0, 0.05) is 0 Å². The Balaban J connectivity index is 2.08. The molecule has 0 radical (unpaired) electrons. The normalized spacial score (nSPS) is 12.3. The summed E-state index contributed by atoms with van der Waals surface area (Å²) in [6.07, 6.45) is 0. The topological polar surface area (TPSA) is 62.5 Å². The Morgan fingerprint density at radius 2 is 2.11 bits per heavy atom. The molecule has 2 rings (SSSR count). The van der Waals surface area contributed by atoms with E-state index < -0.39 is 12.0 Å². The summed E-state index contributed by atoms with van der Waals surface area (Å²) in [6, 6.07) is 9.03. The van der Waals surface area contributed by atoms with Crippen LogP contribution in [0.5, 0.6) is 0 Å². The van der Waals surface area contributed by atoms with Crippen LogP contribution in [0.1, 0.15) is 12.7 Å². The van der Waals surface area contributed by atoms with Crippen molar-refractivity contribution in [1.29, 1.82) is 0 Å². The molecule has 0 spiro atoms. The fourth-order valence-corrected chi connectivity index (χ4v) is 1.62. The number of hydrogen-bond acceptors (Lipinski definition) is 3. The average molecular weight is 263 g/mol. The second-order valence-corrected chi connectivity index (χ2v) is 4.19. The van der Waals surface area contributed by atoms with E-state index >= 15 is 0 Å². The van der Waals surface area contributed by atoms with E-state index in [9.17, 15) is 9.18 Å². The SMILES string of the molecule is CC(NCc1ccc(-c2ccccc2F)o1)C(=O)O. The van der Waals surface area contributed by atoms with Crippen molar-refractivity contribution in [3.05, 3.63) is 48.0 Å². The minimum Gasteiger partial charge on any atom is -0.480 e. The van der Waals surface area contributed by atoms with Crippen LogP contribution in [0.15, 0.2) is 40.8 Å². The van der Waals surface area contributed by atoms with E-state index in [1.165, 1.54) is 6.07 Å². The Morgan fingerprint density at radius 1 is 1.37 bits per heavy atom. The van der Waals surface area contributed by atoms with Crippen LogP contribution in [0.25, 0.3) is 11.3 Å². The van der Waals surface area contributed by atoms with Crippen LogP contribution < -0.4 is 5.32 Å². The summed E-state index contributed by atoms with van der Waals surface area (Å²) in [4.78, 5) is 10.6. The van der Waals surface area contributed by atoms with E-state index in [2.05, 4.69) is 5.32 Å². The third kappa shape index (κ3) is 3.20. The largest absolute Gasteiger partial charge is 0.480 e. The molecule has 5 heteroatoms. The molecule has 4 nitrogen and oxygen atoms in total. The van der Waals surface area contributed by atoms with Crippen LogP contribution in [0.3, 0.4) is 0 Å². The first kappa shape index (κ1) is 13.3. The number of carboxylic acid groups (broad SMARTS) is 1. The number of carboxylic acids is 1. The second-order valence-electron chi connectivity index (χ2n) is 4.19. The van der Waals surface area contributed by atoms with Crippen molar-refractivity contribution in [2.75, 3.05) is 0 Å². The van der Waals surface area contributed by atoms with Crippen LogP contribution in [0.2, 0.25) is 0 Å². The van der Waals surface area contributed by atoms with E-state index in [0.717, 1.165) is 0 Å². The number of hydrogen-bond donors (Lipinski definition) is 2. The lowest BCUT2D eigenvalue weighted by Crippen LogP contribution is -2.32. The molecule has 0 fully saturated rings. The molecule has 1 aromatic carbocycles. The smallest absolute Gasteiger partial charge is 0.320 e. The number of benzene rings is 1. The predicted octanol–water partition coefficient (Wildman–Crippen LogP) is 2.65. The summed E-state index contributed by atoms with van der Waals surface area (Å²) >= 11 is 0. The number of nitrogens with one attached hydrogen (secondary N) is 1. The maximum Gasteiger partial charge on any atom is 0.320 e. The van der Waals surface area contributed by atoms with E-state index in [4.69, 9.17) is 9.52 Å². The lowest BCUT2D eigenvalue weighted by Gasteiger charge is -2.06. The zero-order chi connectivity index (χ0) is 13.8. The molecule has 0 saturated heterocycles. The Bertz CT molecular complexity index is 580. The van der Waals surface area contributed by atoms with Gasteiger partial charge in [-0.25, -0.2) is 4.39 Å². The fraction of sp³-hybridized carbons (Fsp3) is 0.214. The lowest BCUT2D eigenvalue weighted by atomic mass is 10.1. The first-order valence-corrected chi connectivity index (χ1v) is 5.87. The third-order valence-corrected chi connectivity index (χ3v) is 2.75. The maximum atomic E-state index is 13.6. The van der Waals surface area contributed by atoms with Crippen molar-refractivity contribution in [3.8, 4) is 11.3 Å². The van der Waals surface area contributed by atoms with Crippen LogP contribution >= 0.6 is 0 Å². The zero-order valence-electron chi connectivity index (χ0n) is 10.4. The molecule has 0 aliphatic carbocycles. The monoisotopic (exact) mass is 263 g/mol. The van der Waals surface area contributed by atoms with Crippen molar-refractivity contribution in [1.82, 2.24) is 5.32 Å². The van der Waals surface area contributed by atoms with Crippen LogP contribution in [0.4, 0.5) is 4.39 Å². The molecule has 19 heavy (non-hydrogen) atoms. The Labute approximate surface area is 109 Å². The average Bonchev–Trinajstić information content (AvgIpc) is 2.85. The fourth-order valence-electron chi connectivity index (χ4n) is 1.62. The highest BCUT2D eigenvalue weighted by Crippen LogP contribution is 2.24. The molecule has 2 N–H and O–H groups in total. The van der Waals surface area contributed by atoms with Gasteiger partial charge in [0.2, 0.25) is 0 Å². The number of halogens is 1. The molecular weight excluding hydrogens is 249 g/mol. The molecule has 1 atom stereocenters. The number of aliphatic carboxylic acids is 1.